The van der Waals surface area contributed by atoms with Crippen LogP contribution in [0.4, 0.5) is 0 Å². The zero-order valence-electron chi connectivity index (χ0n) is 16.6. The number of ether oxygens (including phenoxy) is 1. The summed E-state index contributed by atoms with van der Waals surface area (Å²) in [5.41, 5.74) is 2.78. The van der Waals surface area contributed by atoms with Crippen LogP contribution in [-0.2, 0) is 20.7 Å². The quantitative estimate of drug-likeness (QED) is 0.617. The highest BCUT2D eigenvalue weighted by atomic mass is 16.5. The van der Waals surface area contributed by atoms with Crippen LogP contribution < -0.4 is 5.32 Å². The van der Waals surface area contributed by atoms with E-state index in [4.69, 9.17) is 4.74 Å². The van der Waals surface area contributed by atoms with Crippen LogP contribution in [-0.4, -0.2) is 25.0 Å². The van der Waals surface area contributed by atoms with Crippen molar-refractivity contribution in [3.8, 4) is 6.07 Å². The zero-order chi connectivity index (χ0) is 21.3. The summed E-state index contributed by atoms with van der Waals surface area (Å²) in [6.45, 7) is 0. The van der Waals surface area contributed by atoms with Gasteiger partial charge in [0.15, 0.2) is 0 Å². The SMILES string of the molecule is COC(=O)[C@H](Cc1ccccc1C#N)NC(=O)C(c1ccccc1)c1ccccc1. The summed E-state index contributed by atoms with van der Waals surface area (Å²) in [5.74, 6) is -1.45. The Balaban J connectivity index is 1.91. The van der Waals surface area contributed by atoms with E-state index in [0.717, 1.165) is 11.1 Å². The lowest BCUT2D eigenvalue weighted by Crippen LogP contribution is -2.45. The van der Waals surface area contributed by atoms with Crippen molar-refractivity contribution in [1.29, 1.82) is 5.26 Å². The predicted octanol–water partition coefficient (Wildman–Crippen LogP) is 3.59. The third kappa shape index (κ3) is 4.92. The summed E-state index contributed by atoms with van der Waals surface area (Å²) in [5, 5.41) is 12.2. The number of amides is 1. The Morgan fingerprint density at radius 2 is 1.43 bits per heavy atom. The summed E-state index contributed by atoms with van der Waals surface area (Å²) in [7, 11) is 1.28. The van der Waals surface area contributed by atoms with E-state index in [0.29, 0.717) is 11.1 Å². The molecule has 0 aliphatic heterocycles. The van der Waals surface area contributed by atoms with Crippen LogP contribution in [0.3, 0.4) is 0 Å². The van der Waals surface area contributed by atoms with Gasteiger partial charge in [0.25, 0.3) is 0 Å². The Kier molecular flexibility index (Phi) is 6.96. The Labute approximate surface area is 175 Å². The summed E-state index contributed by atoms with van der Waals surface area (Å²) in [6.07, 6.45) is 0.165. The van der Waals surface area contributed by atoms with Gasteiger partial charge in [-0.25, -0.2) is 4.79 Å². The van der Waals surface area contributed by atoms with Crippen molar-refractivity contribution < 1.29 is 14.3 Å². The van der Waals surface area contributed by atoms with Crippen molar-refractivity contribution in [2.24, 2.45) is 0 Å². The van der Waals surface area contributed by atoms with Gasteiger partial charge in [-0.05, 0) is 22.8 Å². The molecule has 0 aliphatic carbocycles. The number of methoxy groups -OCH3 is 1. The zero-order valence-corrected chi connectivity index (χ0v) is 16.6. The first-order valence-corrected chi connectivity index (χ1v) is 9.60. The smallest absolute Gasteiger partial charge is 0.328 e. The molecule has 0 unspecified atom stereocenters. The maximum atomic E-state index is 13.3. The molecule has 3 aromatic rings. The number of esters is 1. The molecule has 30 heavy (non-hydrogen) atoms. The average molecular weight is 398 g/mol. The molecule has 3 rings (SSSR count). The monoisotopic (exact) mass is 398 g/mol. The van der Waals surface area contributed by atoms with Gasteiger partial charge in [-0.3, -0.25) is 4.79 Å². The van der Waals surface area contributed by atoms with Gasteiger partial charge in [-0.15, -0.1) is 0 Å². The first-order chi connectivity index (χ1) is 14.6. The highest BCUT2D eigenvalue weighted by Crippen LogP contribution is 2.25. The third-order valence-corrected chi connectivity index (χ3v) is 4.89. The summed E-state index contributed by atoms with van der Waals surface area (Å²) in [6, 6.07) is 27.0. The average Bonchev–Trinajstić information content (AvgIpc) is 2.80. The van der Waals surface area contributed by atoms with Crippen LogP contribution in [0.25, 0.3) is 0 Å². The molecule has 0 saturated carbocycles. The summed E-state index contributed by atoms with van der Waals surface area (Å²) >= 11 is 0. The van der Waals surface area contributed by atoms with Gasteiger partial charge in [0, 0.05) is 6.42 Å². The molecule has 5 nitrogen and oxygen atoms in total. The number of nitriles is 1. The molecule has 150 valence electrons. The summed E-state index contributed by atoms with van der Waals surface area (Å²) < 4.78 is 4.91. The Bertz CT molecular complexity index is 1000. The number of benzene rings is 3. The van der Waals surface area contributed by atoms with Crippen LogP contribution in [0, 0.1) is 11.3 Å². The molecule has 0 bridgehead atoms. The molecule has 0 aromatic heterocycles. The maximum absolute atomic E-state index is 13.3. The second-order valence-corrected chi connectivity index (χ2v) is 6.81. The van der Waals surface area contributed by atoms with Gasteiger partial charge in [0.05, 0.1) is 24.7 Å². The van der Waals surface area contributed by atoms with Crippen LogP contribution in [0.1, 0.15) is 28.2 Å². The minimum absolute atomic E-state index is 0.165. The largest absolute Gasteiger partial charge is 0.467 e. The lowest BCUT2D eigenvalue weighted by atomic mass is 9.90. The lowest BCUT2D eigenvalue weighted by molar-refractivity contribution is -0.145. The fourth-order valence-corrected chi connectivity index (χ4v) is 3.40. The van der Waals surface area contributed by atoms with Gasteiger partial charge >= 0.3 is 5.97 Å². The van der Waals surface area contributed by atoms with Crippen molar-refractivity contribution in [3.63, 3.8) is 0 Å². The number of hydrogen-bond acceptors (Lipinski definition) is 4. The second-order valence-electron chi connectivity index (χ2n) is 6.81. The number of nitrogens with zero attached hydrogens (tertiary/aromatic N) is 1. The Morgan fingerprint density at radius 3 is 1.97 bits per heavy atom. The number of nitrogens with one attached hydrogen (secondary N) is 1. The molecular formula is C25H22N2O3. The molecule has 1 amide bonds. The second kappa shape index (κ2) is 10.0. The third-order valence-electron chi connectivity index (χ3n) is 4.89. The van der Waals surface area contributed by atoms with Crippen LogP contribution in [0.15, 0.2) is 84.9 Å². The molecule has 0 spiro atoms. The molecular weight excluding hydrogens is 376 g/mol. The van der Waals surface area contributed by atoms with Crippen molar-refractivity contribution in [3.05, 3.63) is 107 Å². The normalized spacial score (nSPS) is 11.4. The maximum Gasteiger partial charge on any atom is 0.328 e. The predicted molar refractivity (Wildman–Crippen MR) is 114 cm³/mol. The number of carbonyl (C=O) groups excluding carboxylic acids is 2. The van der Waals surface area contributed by atoms with E-state index in [9.17, 15) is 14.9 Å². The van der Waals surface area contributed by atoms with Gasteiger partial charge < -0.3 is 10.1 Å². The van der Waals surface area contributed by atoms with Crippen molar-refractivity contribution in [2.75, 3.05) is 7.11 Å². The molecule has 1 atom stereocenters. The first kappa shape index (κ1) is 20.8. The Hall–Kier alpha value is -3.91. The van der Waals surface area contributed by atoms with Crippen molar-refractivity contribution in [1.82, 2.24) is 5.32 Å². The minimum Gasteiger partial charge on any atom is -0.467 e. The number of hydrogen-bond donors (Lipinski definition) is 1. The van der Waals surface area contributed by atoms with Gasteiger partial charge in [0.1, 0.15) is 6.04 Å². The van der Waals surface area contributed by atoms with E-state index in [2.05, 4.69) is 11.4 Å². The van der Waals surface area contributed by atoms with Gasteiger partial charge in [-0.1, -0.05) is 78.9 Å². The number of rotatable bonds is 7. The van der Waals surface area contributed by atoms with Crippen molar-refractivity contribution >= 4 is 11.9 Å². The van der Waals surface area contributed by atoms with E-state index in [-0.39, 0.29) is 12.3 Å². The molecule has 0 heterocycles. The van der Waals surface area contributed by atoms with E-state index in [1.54, 1.807) is 24.3 Å². The first-order valence-electron chi connectivity index (χ1n) is 9.60. The fraction of sp³-hybridized carbons (Fsp3) is 0.160. The minimum atomic E-state index is -0.910. The van der Waals surface area contributed by atoms with E-state index in [1.807, 2.05) is 60.7 Å². The molecule has 3 aromatic carbocycles. The van der Waals surface area contributed by atoms with Crippen LogP contribution in [0.5, 0.6) is 0 Å². The lowest BCUT2D eigenvalue weighted by Gasteiger charge is -2.22. The topological polar surface area (TPSA) is 79.2 Å². The molecule has 0 radical (unpaired) electrons. The fourth-order valence-electron chi connectivity index (χ4n) is 3.40. The van der Waals surface area contributed by atoms with E-state index < -0.39 is 17.9 Å². The molecule has 0 fully saturated rings. The molecule has 5 heteroatoms. The van der Waals surface area contributed by atoms with Gasteiger partial charge in [0.2, 0.25) is 5.91 Å². The van der Waals surface area contributed by atoms with Crippen molar-refractivity contribution in [2.45, 2.75) is 18.4 Å². The Morgan fingerprint density at radius 1 is 0.900 bits per heavy atom. The summed E-state index contributed by atoms with van der Waals surface area (Å²) in [4.78, 5) is 25.8. The van der Waals surface area contributed by atoms with E-state index >= 15 is 0 Å². The molecule has 0 aliphatic rings. The number of carbonyl (C=O) groups is 2. The van der Waals surface area contributed by atoms with Gasteiger partial charge in [-0.2, -0.15) is 5.26 Å². The highest BCUT2D eigenvalue weighted by molar-refractivity contribution is 5.91. The van der Waals surface area contributed by atoms with Crippen LogP contribution in [0.2, 0.25) is 0 Å². The molecule has 1 N–H and O–H groups in total. The van der Waals surface area contributed by atoms with Crippen LogP contribution >= 0.6 is 0 Å². The molecule has 0 saturated heterocycles. The standard InChI is InChI=1S/C25H22N2O3/c1-30-25(29)22(16-20-14-8-9-15-21(20)17-26)27-24(28)23(18-10-4-2-5-11-18)19-12-6-3-7-13-19/h2-15,22-23H,16H2,1H3,(H,27,28)/t22-/m0/s1. The van der Waals surface area contributed by atoms with E-state index in [1.165, 1.54) is 7.11 Å². The highest BCUT2D eigenvalue weighted by Gasteiger charge is 2.29.